The SMILES string of the molecule is CC.CCC(C)CN(C)C.CCC(C)CN(C)C(C)C.CCC(C)CNC.CCC(C)CNC(C)C.CCC(C)N(C)C.CCC(C)N(C)C.CCC(C)N(C)C(C)C.CCC(C)N(C)C(C)C.CCC(C)NC.CCC(C)NC.CCC(C)NC(C)C.CCC(C)NC(C)C.CCC(C)c1ccccc1.CCCCN(C)CC(C)C.CCCN(C)C. The quantitative estimate of drug-likeness (QED) is 0.0374. The molecule has 14 heteroatoms. The highest BCUT2D eigenvalue weighted by Gasteiger charge is 2.11. The maximum Gasteiger partial charge on any atom is 0.00639 e. The summed E-state index contributed by atoms with van der Waals surface area (Å²) in [6, 6.07) is 20.2. The Morgan fingerprint density at radius 1 is 0.303 bits per heavy atom. The van der Waals surface area contributed by atoms with Crippen LogP contribution in [0, 0.1) is 29.6 Å². The van der Waals surface area contributed by atoms with Crippen LogP contribution in [0.15, 0.2) is 30.3 Å². The number of unbranched alkanes of at least 4 members (excludes halogenated alkanes) is 1. The predicted molar refractivity (Wildman–Crippen MR) is 580 cm³/mol. The Morgan fingerprint density at radius 2 is 0.631 bits per heavy atom. The van der Waals surface area contributed by atoms with Gasteiger partial charge in [-0.3, -0.25) is 0 Å². The summed E-state index contributed by atoms with van der Waals surface area (Å²) in [6.07, 6.45) is 20.1. The van der Waals surface area contributed by atoms with Crippen LogP contribution < -0.4 is 31.9 Å². The lowest BCUT2D eigenvalue weighted by Gasteiger charge is -2.27. The van der Waals surface area contributed by atoms with E-state index in [4.69, 9.17) is 0 Å². The molecule has 0 fully saturated rings. The first-order valence-corrected chi connectivity index (χ1v) is 51.2. The molecule has 0 bridgehead atoms. The first-order valence-electron chi connectivity index (χ1n) is 51.2. The van der Waals surface area contributed by atoms with Gasteiger partial charge in [0.25, 0.3) is 0 Å². The molecule has 0 amide bonds. The number of hydrogen-bond donors (Lipinski definition) is 6. The third-order valence-corrected chi connectivity index (χ3v) is 22.4. The molecule has 0 aliphatic carbocycles. The molecule has 0 heterocycles. The van der Waals surface area contributed by atoms with Crippen LogP contribution in [0.2, 0.25) is 0 Å². The normalized spacial score (nSPS) is 13.9. The van der Waals surface area contributed by atoms with Crippen molar-refractivity contribution in [3.8, 4) is 0 Å². The smallest absolute Gasteiger partial charge is 0.00639 e. The van der Waals surface area contributed by atoms with Crippen molar-refractivity contribution < 1.29 is 0 Å². The third-order valence-electron chi connectivity index (χ3n) is 22.4. The molecular weight excluding hydrogens is 1490 g/mol. The first-order chi connectivity index (χ1) is 56.5. The zero-order chi connectivity index (χ0) is 99.8. The summed E-state index contributed by atoms with van der Waals surface area (Å²) >= 11 is 0. The van der Waals surface area contributed by atoms with E-state index in [1.165, 1.54) is 141 Å². The van der Waals surface area contributed by atoms with Crippen LogP contribution in [-0.2, 0) is 0 Å². The lowest BCUT2D eigenvalue weighted by atomic mass is 9.99. The van der Waals surface area contributed by atoms with E-state index in [1.807, 2.05) is 35.0 Å². The lowest BCUT2D eigenvalue weighted by Crippen LogP contribution is -2.34. The van der Waals surface area contributed by atoms with Gasteiger partial charge in [-0.1, -0.05) is 270 Å². The molecule has 1 aromatic carbocycles. The Kier molecular flexibility index (Phi) is 149. The molecule has 13 unspecified atom stereocenters. The molecule has 0 aromatic heterocycles. The molecule has 0 aliphatic rings. The minimum atomic E-state index is 0.630. The van der Waals surface area contributed by atoms with Gasteiger partial charge in [0.15, 0.2) is 0 Å². The molecule has 0 radical (unpaired) electrons. The van der Waals surface area contributed by atoms with Crippen molar-refractivity contribution in [1.82, 2.24) is 71.1 Å². The topological polar surface area (TPSA) is 98.1 Å². The zero-order valence-electron chi connectivity index (χ0n) is 96.8. The van der Waals surface area contributed by atoms with E-state index in [1.54, 1.807) is 0 Å². The molecule has 13 atom stereocenters. The monoisotopic (exact) mass is 1750 g/mol. The van der Waals surface area contributed by atoms with Crippen molar-refractivity contribution in [3.05, 3.63) is 35.9 Å². The predicted octanol–water partition coefficient (Wildman–Crippen LogP) is 27.3. The fourth-order valence-corrected chi connectivity index (χ4v) is 9.37. The van der Waals surface area contributed by atoms with Gasteiger partial charge < -0.3 is 71.1 Å². The van der Waals surface area contributed by atoms with Gasteiger partial charge >= 0.3 is 0 Å². The number of benzene rings is 1. The number of nitrogens with zero attached hydrogens (tertiary/aromatic N) is 8. The van der Waals surface area contributed by atoms with E-state index in [2.05, 4.69) is 477 Å². The van der Waals surface area contributed by atoms with Crippen LogP contribution in [-0.4, -0.2) is 275 Å². The van der Waals surface area contributed by atoms with Crippen molar-refractivity contribution in [2.45, 2.75) is 498 Å². The van der Waals surface area contributed by atoms with E-state index in [0.29, 0.717) is 66.3 Å². The average Bonchev–Trinajstić information content (AvgIpc) is 0.926. The van der Waals surface area contributed by atoms with Crippen molar-refractivity contribution in [2.75, 3.05) is 152 Å². The van der Waals surface area contributed by atoms with Crippen LogP contribution >= 0.6 is 0 Å². The Bertz CT molecular complexity index is 1780. The minimum Gasteiger partial charge on any atom is -0.319 e. The fourth-order valence-electron chi connectivity index (χ4n) is 9.37. The van der Waals surface area contributed by atoms with Gasteiger partial charge in [0.1, 0.15) is 0 Å². The Balaban J connectivity index is -0.0000000774. The van der Waals surface area contributed by atoms with E-state index >= 15 is 0 Å². The second kappa shape index (κ2) is 118. The molecular formula is C108H254N14. The molecule has 756 valence electrons. The average molecular weight is 1750 g/mol. The van der Waals surface area contributed by atoms with Crippen LogP contribution in [0.5, 0.6) is 0 Å². The van der Waals surface area contributed by atoms with Crippen molar-refractivity contribution in [3.63, 3.8) is 0 Å². The standard InChI is InChI=1S/C10H14.2C9H21N.3C8H19N.3C7H17N.3C6H15N.3C5H13N.C2H6/c1-3-9(2)10-7-5-4-6-8-10;1-6-9(4)7-10(5)8(2)3;1-5-6-7-10(4)8-9(2)3;2*1-6-8(4)9(5)7(2)3;1-5-8(4)6-9-7(2)3;1-5-7(2)6-8(3)4;2*1-5-7(4)8-6(2)3;2*1-5-6(2)7(3)4;1-4-6(2)5-7-3;1-4-5-6(2)3;2*1-4-5(2)6-3;1-2/h4-9H,3H2,1-2H3;8-9H,6-7H2,1-5H3;9H,5-8H2,1-4H3;2*7-8H,6H2,1-5H3;7-9H,5-6H2,1-4H3;7H,5-6H2,1-4H3;2*6-8H,5H2,1-4H3;2*6H,5H2,1-4H3;6-7H,4-5H2,1-3H3;4-5H2,1-3H3;2*5-6H,4H2,1-3H3;1-2H3. The van der Waals surface area contributed by atoms with E-state index in [9.17, 15) is 0 Å². The first kappa shape index (κ1) is 155. The molecule has 0 saturated heterocycles. The number of nitrogens with one attached hydrogen (secondary N) is 6. The van der Waals surface area contributed by atoms with Gasteiger partial charge in [-0.05, 0) is 341 Å². The lowest BCUT2D eigenvalue weighted by molar-refractivity contribution is 0.204. The van der Waals surface area contributed by atoms with Gasteiger partial charge in [-0.25, -0.2) is 0 Å². The van der Waals surface area contributed by atoms with Crippen LogP contribution in [0.4, 0.5) is 0 Å². The van der Waals surface area contributed by atoms with Crippen LogP contribution in [0.3, 0.4) is 0 Å². The summed E-state index contributed by atoms with van der Waals surface area (Å²) in [5, 5.41) is 19.5. The van der Waals surface area contributed by atoms with Crippen molar-refractivity contribution in [1.29, 1.82) is 0 Å². The minimum absolute atomic E-state index is 0.630. The van der Waals surface area contributed by atoms with Gasteiger partial charge in [0.05, 0.1) is 0 Å². The molecule has 122 heavy (non-hydrogen) atoms. The fraction of sp³-hybridized carbons (Fsp3) is 0.944. The van der Waals surface area contributed by atoms with Gasteiger partial charge in [0, 0.05) is 104 Å². The second-order valence-corrected chi connectivity index (χ2v) is 38.4. The van der Waals surface area contributed by atoms with Crippen LogP contribution in [0.25, 0.3) is 0 Å². The summed E-state index contributed by atoms with van der Waals surface area (Å²) in [4.78, 5) is 18.4. The molecule has 14 nitrogen and oxygen atoms in total. The van der Waals surface area contributed by atoms with Gasteiger partial charge in [-0.2, -0.15) is 0 Å². The second-order valence-electron chi connectivity index (χ2n) is 38.4. The van der Waals surface area contributed by atoms with Crippen molar-refractivity contribution >= 4 is 0 Å². The molecule has 0 spiro atoms. The maximum absolute atomic E-state index is 3.40. The molecule has 1 aromatic rings. The van der Waals surface area contributed by atoms with E-state index in [-0.39, 0.29) is 0 Å². The summed E-state index contributed by atoms with van der Waals surface area (Å²) < 4.78 is 0. The van der Waals surface area contributed by atoms with Crippen LogP contribution in [0.1, 0.15) is 419 Å². The Morgan fingerprint density at radius 3 is 0.787 bits per heavy atom. The highest BCUT2D eigenvalue weighted by atomic mass is 15.2. The van der Waals surface area contributed by atoms with Gasteiger partial charge in [-0.15, -0.1) is 0 Å². The summed E-state index contributed by atoms with van der Waals surface area (Å²) in [6.45, 7) is 106. The number of hydrogen-bond acceptors (Lipinski definition) is 14. The zero-order valence-corrected chi connectivity index (χ0v) is 96.8. The molecule has 1 rings (SSSR count). The van der Waals surface area contributed by atoms with E-state index < -0.39 is 0 Å². The highest BCUT2D eigenvalue weighted by molar-refractivity contribution is 5.18. The van der Waals surface area contributed by atoms with Gasteiger partial charge in [0.2, 0.25) is 0 Å². The molecule has 0 saturated carbocycles. The molecule has 0 aliphatic heterocycles. The summed E-state index contributed by atoms with van der Waals surface area (Å²) in [7, 11) is 31.5. The third kappa shape index (κ3) is 153. The van der Waals surface area contributed by atoms with Crippen molar-refractivity contribution in [2.24, 2.45) is 29.6 Å². The summed E-state index contributed by atoms with van der Waals surface area (Å²) in [5.74, 6) is 4.87. The summed E-state index contributed by atoms with van der Waals surface area (Å²) in [5.41, 5.74) is 1.45. The molecule has 6 N–H and O–H groups in total. The highest BCUT2D eigenvalue weighted by Crippen LogP contribution is 2.17. The Labute approximate surface area is 781 Å². The number of rotatable bonds is 43. The maximum atomic E-state index is 3.40. The van der Waals surface area contributed by atoms with E-state index in [0.717, 1.165) is 66.8 Å². The largest absolute Gasteiger partial charge is 0.319 e. The Hall–Kier alpha value is -1.34.